The van der Waals surface area contributed by atoms with E-state index in [1.165, 1.54) is 16.3 Å². The molecule has 1 unspecified atom stereocenters. The highest BCUT2D eigenvalue weighted by molar-refractivity contribution is 6.32. The number of nitrogens with one attached hydrogen (secondary N) is 2. The predicted molar refractivity (Wildman–Crippen MR) is 161 cm³/mol. The lowest BCUT2D eigenvalue weighted by molar-refractivity contribution is 0.107. The van der Waals surface area contributed by atoms with Crippen molar-refractivity contribution in [2.45, 2.75) is 62.7 Å². The molecule has 4 fully saturated rings. The van der Waals surface area contributed by atoms with Crippen molar-refractivity contribution >= 4 is 28.1 Å². The van der Waals surface area contributed by atoms with E-state index in [1.54, 1.807) is 12.3 Å². The van der Waals surface area contributed by atoms with Crippen molar-refractivity contribution in [2.24, 2.45) is 5.92 Å². The molecule has 2 aromatic heterocycles. The van der Waals surface area contributed by atoms with Gasteiger partial charge in [0.05, 0.1) is 28.5 Å². The van der Waals surface area contributed by atoms with Crippen LogP contribution in [0.2, 0.25) is 5.02 Å². The van der Waals surface area contributed by atoms with Gasteiger partial charge in [0.1, 0.15) is 24.0 Å². The molecule has 2 bridgehead atoms. The van der Waals surface area contributed by atoms with Gasteiger partial charge in [-0.2, -0.15) is 19.7 Å². The molecule has 0 spiro atoms. The molecule has 5 atom stereocenters. The number of fused-ring (bicyclic) bond motifs is 6. The fourth-order valence-corrected chi connectivity index (χ4v) is 8.13. The van der Waals surface area contributed by atoms with Gasteiger partial charge in [-0.1, -0.05) is 18.5 Å². The Labute approximate surface area is 253 Å². The van der Waals surface area contributed by atoms with Crippen molar-refractivity contribution < 1.29 is 14.2 Å². The van der Waals surface area contributed by atoms with E-state index in [4.69, 9.17) is 21.3 Å². The zero-order valence-electron chi connectivity index (χ0n) is 24.1. The van der Waals surface area contributed by atoms with Gasteiger partial charge in [0, 0.05) is 55.3 Å². The first kappa shape index (κ1) is 27.4. The number of phenols is 1. The first-order valence-electron chi connectivity index (χ1n) is 15.3. The topological polar surface area (TPSA) is 117 Å². The number of hydrogen-bond acceptors (Lipinski definition) is 9. The first-order chi connectivity index (χ1) is 20.8. The van der Waals surface area contributed by atoms with E-state index >= 15 is 0 Å². The third-order valence-corrected chi connectivity index (χ3v) is 10.5. The fourth-order valence-electron chi connectivity index (χ4n) is 7.78. The van der Waals surface area contributed by atoms with Gasteiger partial charge in [0.2, 0.25) is 0 Å². The molecule has 226 valence electrons. The van der Waals surface area contributed by atoms with Crippen LogP contribution in [0.1, 0.15) is 56.2 Å². The Hall–Kier alpha value is -3.12. The van der Waals surface area contributed by atoms with Crippen molar-refractivity contribution in [2.75, 3.05) is 39.3 Å². The molecule has 9 rings (SSSR count). The van der Waals surface area contributed by atoms with Gasteiger partial charge in [-0.05, 0) is 61.3 Å². The quantitative estimate of drug-likeness (QED) is 0.388. The summed E-state index contributed by atoms with van der Waals surface area (Å²) >= 11 is 6.62. The summed E-state index contributed by atoms with van der Waals surface area (Å²) in [5.74, 6) is 0.559. The van der Waals surface area contributed by atoms with Crippen molar-refractivity contribution in [1.82, 2.24) is 35.3 Å². The summed E-state index contributed by atoms with van der Waals surface area (Å²) in [7, 11) is 0. The van der Waals surface area contributed by atoms with Crippen LogP contribution in [-0.2, 0) is 0 Å². The molecule has 10 nitrogen and oxygen atoms in total. The van der Waals surface area contributed by atoms with E-state index in [1.807, 2.05) is 0 Å². The number of rotatable bonds is 6. The lowest BCUT2D eigenvalue weighted by Crippen LogP contribution is -2.43. The number of alkyl halides is 1. The van der Waals surface area contributed by atoms with E-state index in [0.717, 1.165) is 63.0 Å². The van der Waals surface area contributed by atoms with Crippen molar-refractivity contribution in [3.05, 3.63) is 50.5 Å². The average Bonchev–Trinajstić information content (AvgIpc) is 3.59. The Morgan fingerprint density at radius 1 is 1.28 bits per heavy atom. The summed E-state index contributed by atoms with van der Waals surface area (Å²) in [6.45, 7) is 5.99. The number of hydrogen-bond donors (Lipinski definition) is 3. The van der Waals surface area contributed by atoms with E-state index in [9.17, 15) is 14.3 Å². The Bertz CT molecular complexity index is 1730. The maximum absolute atomic E-state index is 14.5. The number of aromatic nitrogens is 4. The second-order valence-electron chi connectivity index (χ2n) is 13.0. The minimum atomic E-state index is -0.874. The van der Waals surface area contributed by atoms with Crippen molar-refractivity contribution in [1.29, 1.82) is 0 Å². The van der Waals surface area contributed by atoms with Gasteiger partial charge < -0.3 is 20.5 Å². The molecule has 1 aliphatic carbocycles. The van der Waals surface area contributed by atoms with E-state index in [-0.39, 0.29) is 41.4 Å². The molecule has 1 saturated carbocycles. The third-order valence-electron chi connectivity index (χ3n) is 10.2. The van der Waals surface area contributed by atoms with Gasteiger partial charge in [0.25, 0.3) is 5.56 Å². The summed E-state index contributed by atoms with van der Waals surface area (Å²) < 4.78 is 22.1. The normalized spacial score (nSPS) is 30.2. The molecule has 12 heteroatoms. The number of phenolic OH excluding ortho intramolecular Hbond substituents is 1. The van der Waals surface area contributed by atoms with Crippen LogP contribution in [0.5, 0.6) is 11.8 Å². The van der Waals surface area contributed by atoms with E-state index in [2.05, 4.69) is 32.5 Å². The van der Waals surface area contributed by atoms with Gasteiger partial charge >= 0.3 is 6.01 Å². The summed E-state index contributed by atoms with van der Waals surface area (Å²) in [4.78, 5) is 26.0. The highest BCUT2D eigenvalue weighted by Crippen LogP contribution is 2.51. The van der Waals surface area contributed by atoms with Crippen LogP contribution < -0.4 is 20.9 Å². The van der Waals surface area contributed by atoms with Gasteiger partial charge in [-0.3, -0.25) is 9.69 Å². The lowest BCUT2D eigenvalue weighted by Gasteiger charge is -2.31. The van der Waals surface area contributed by atoms with Crippen molar-refractivity contribution in [3.63, 3.8) is 0 Å². The van der Waals surface area contributed by atoms with Gasteiger partial charge in [-0.15, -0.1) is 0 Å². The van der Waals surface area contributed by atoms with Crippen LogP contribution in [0, 0.1) is 5.92 Å². The highest BCUT2D eigenvalue weighted by atomic mass is 35.5. The van der Waals surface area contributed by atoms with E-state index in [0.29, 0.717) is 40.7 Å². The zero-order chi connectivity index (χ0) is 29.5. The van der Waals surface area contributed by atoms with Crippen LogP contribution >= 0.6 is 11.6 Å². The summed E-state index contributed by atoms with van der Waals surface area (Å²) in [6, 6.07) is 3.41. The van der Waals surface area contributed by atoms with Crippen LogP contribution in [0.15, 0.2) is 28.7 Å². The lowest BCUT2D eigenvalue weighted by atomic mass is 9.93. The SMILES string of the molecule is C[C@@H]1C[C@H]1c1c(Cl)cc(O)cc1-n1ncc2c(C3=C4CNCC(C3)NC4)nc(OC[C@@]34CCCN3C[C@H](F)C4)nc2c1=O. The highest BCUT2D eigenvalue weighted by Gasteiger charge is 2.49. The minimum Gasteiger partial charge on any atom is -0.508 e. The number of ether oxygens (including phenoxy) is 1. The largest absolute Gasteiger partial charge is 0.508 e. The summed E-state index contributed by atoms with van der Waals surface area (Å²) in [6.07, 6.45) is 4.76. The molecule has 6 aliphatic rings. The predicted octanol–water partition coefficient (Wildman–Crippen LogP) is 3.33. The number of aromatic hydroxyl groups is 1. The molecule has 3 aromatic rings. The van der Waals surface area contributed by atoms with Crippen LogP contribution in [0.25, 0.3) is 22.2 Å². The van der Waals surface area contributed by atoms with Gasteiger partial charge in [-0.25, -0.2) is 4.39 Å². The number of benzene rings is 1. The Morgan fingerprint density at radius 2 is 2.14 bits per heavy atom. The molecular weight excluding hydrogens is 573 g/mol. The molecule has 3 N–H and O–H groups in total. The molecule has 0 amide bonds. The monoisotopic (exact) mass is 607 g/mol. The molecule has 0 radical (unpaired) electrons. The second kappa shape index (κ2) is 10.2. The first-order valence-corrected chi connectivity index (χ1v) is 15.7. The Balaban J connectivity index is 1.27. The fraction of sp³-hybridized carbons (Fsp3) is 0.548. The summed E-state index contributed by atoms with van der Waals surface area (Å²) in [5.41, 5.74) is 3.55. The van der Waals surface area contributed by atoms with Crippen LogP contribution in [0.3, 0.4) is 0 Å². The maximum Gasteiger partial charge on any atom is 0.317 e. The zero-order valence-corrected chi connectivity index (χ0v) is 24.8. The average molecular weight is 608 g/mol. The standard InChI is InChI=1S/C31H35ClFN7O3/c1-16-5-21(16)26-24(32)7-20(41)8-25(26)40-29(42)28-23(13-36-40)27(22-6-19-12-34-10-17(22)11-35-19)37-30(38-28)43-15-31-3-2-4-39(31)14-18(33)9-31/h7-8,13,16,18-19,21,34-35,41H,2-6,9-12,14-15H2,1H3/t16-,18-,19?,21-,31+/m1/s1. The molecule has 7 heterocycles. The molecular formula is C31H35ClFN7O3. The van der Waals surface area contributed by atoms with E-state index < -0.39 is 11.7 Å². The van der Waals surface area contributed by atoms with Crippen LogP contribution in [0.4, 0.5) is 4.39 Å². The summed E-state index contributed by atoms with van der Waals surface area (Å²) in [5, 5.41) is 23.1. The Morgan fingerprint density at radius 3 is 2.98 bits per heavy atom. The minimum absolute atomic E-state index is 0.0391. The molecule has 3 saturated heterocycles. The van der Waals surface area contributed by atoms with Gasteiger partial charge in [0.15, 0.2) is 0 Å². The number of halogens is 2. The van der Waals surface area contributed by atoms with Crippen molar-refractivity contribution in [3.8, 4) is 17.4 Å². The third kappa shape index (κ3) is 4.63. The smallest absolute Gasteiger partial charge is 0.317 e. The molecule has 1 aromatic carbocycles. The molecule has 43 heavy (non-hydrogen) atoms. The molecule has 5 aliphatic heterocycles. The second-order valence-corrected chi connectivity index (χ2v) is 13.4. The maximum atomic E-state index is 14.5. The van der Waals surface area contributed by atoms with Crippen LogP contribution in [-0.4, -0.2) is 86.8 Å². The Kier molecular flexibility index (Phi) is 6.52. The number of nitrogens with zero attached hydrogens (tertiary/aromatic N) is 5.